The van der Waals surface area contributed by atoms with Crippen molar-refractivity contribution in [2.75, 3.05) is 6.61 Å². The SMILES string of the molecule is Cl.Cl.N#Cc1cccnc1Oc1ccc(C[C@@H](N)CO)cc1. The Morgan fingerprint density at radius 3 is 2.50 bits per heavy atom. The smallest absolute Gasteiger partial charge is 0.237 e. The minimum atomic E-state index is -0.261. The van der Waals surface area contributed by atoms with Gasteiger partial charge in [-0.1, -0.05) is 12.1 Å². The topological polar surface area (TPSA) is 92.2 Å². The van der Waals surface area contributed by atoms with Crippen LogP contribution in [0.2, 0.25) is 0 Å². The van der Waals surface area contributed by atoms with E-state index >= 15 is 0 Å². The Morgan fingerprint density at radius 1 is 1.23 bits per heavy atom. The van der Waals surface area contributed by atoms with Crippen molar-refractivity contribution < 1.29 is 9.84 Å². The molecule has 7 heteroatoms. The minimum absolute atomic E-state index is 0. The molecule has 0 aliphatic rings. The Hall–Kier alpha value is -1.84. The lowest BCUT2D eigenvalue weighted by Crippen LogP contribution is -2.26. The van der Waals surface area contributed by atoms with Gasteiger partial charge in [0.25, 0.3) is 0 Å². The quantitative estimate of drug-likeness (QED) is 0.871. The number of nitriles is 1. The van der Waals surface area contributed by atoms with Crippen molar-refractivity contribution in [3.63, 3.8) is 0 Å². The first-order valence-electron chi connectivity index (χ1n) is 6.21. The molecule has 1 atom stereocenters. The van der Waals surface area contributed by atoms with Crippen molar-refractivity contribution in [2.24, 2.45) is 5.73 Å². The van der Waals surface area contributed by atoms with Crippen molar-refractivity contribution >= 4 is 24.8 Å². The van der Waals surface area contributed by atoms with Crippen LogP contribution in [0.25, 0.3) is 0 Å². The van der Waals surface area contributed by atoms with Crippen LogP contribution >= 0.6 is 24.8 Å². The van der Waals surface area contributed by atoms with E-state index in [1.165, 1.54) is 0 Å². The lowest BCUT2D eigenvalue weighted by Gasteiger charge is -2.09. The lowest BCUT2D eigenvalue weighted by atomic mass is 10.1. The van der Waals surface area contributed by atoms with Gasteiger partial charge in [-0.05, 0) is 36.2 Å². The zero-order valence-electron chi connectivity index (χ0n) is 11.7. The molecule has 2 aromatic rings. The number of aromatic nitrogens is 1. The van der Waals surface area contributed by atoms with E-state index in [0.717, 1.165) is 5.56 Å². The summed E-state index contributed by atoms with van der Waals surface area (Å²) < 4.78 is 5.57. The van der Waals surface area contributed by atoms with E-state index in [1.54, 1.807) is 30.5 Å². The second kappa shape index (κ2) is 9.98. The highest BCUT2D eigenvalue weighted by molar-refractivity contribution is 5.85. The standard InChI is InChI=1S/C15H15N3O2.2ClH/c16-9-12-2-1-7-18-15(12)20-14-5-3-11(4-6-14)8-13(17)10-19;;/h1-7,13,19H,8,10,17H2;2*1H/t13-;;/m1../s1. The molecule has 5 nitrogen and oxygen atoms in total. The minimum Gasteiger partial charge on any atom is -0.438 e. The van der Waals surface area contributed by atoms with E-state index in [2.05, 4.69) is 4.98 Å². The third-order valence-electron chi connectivity index (χ3n) is 2.76. The number of aliphatic hydroxyl groups excluding tert-OH is 1. The van der Waals surface area contributed by atoms with Gasteiger partial charge >= 0.3 is 0 Å². The van der Waals surface area contributed by atoms with E-state index in [1.807, 2.05) is 18.2 Å². The molecular formula is C15H17Cl2N3O2. The number of benzene rings is 1. The highest BCUT2D eigenvalue weighted by Gasteiger charge is 2.06. The van der Waals surface area contributed by atoms with Crippen molar-refractivity contribution in [1.82, 2.24) is 4.98 Å². The maximum absolute atomic E-state index is 8.96. The zero-order valence-corrected chi connectivity index (χ0v) is 13.3. The molecule has 0 bridgehead atoms. The highest BCUT2D eigenvalue weighted by Crippen LogP contribution is 2.22. The van der Waals surface area contributed by atoms with Crippen LogP contribution in [0.15, 0.2) is 42.6 Å². The van der Waals surface area contributed by atoms with Crippen molar-refractivity contribution in [3.05, 3.63) is 53.7 Å². The fraction of sp³-hybridized carbons (Fsp3) is 0.200. The summed E-state index contributed by atoms with van der Waals surface area (Å²) >= 11 is 0. The molecule has 0 amide bonds. The maximum atomic E-state index is 8.96. The molecule has 0 saturated carbocycles. The van der Waals surface area contributed by atoms with Crippen LogP contribution < -0.4 is 10.5 Å². The van der Waals surface area contributed by atoms with Gasteiger partial charge in [0.1, 0.15) is 17.4 Å². The fourth-order valence-corrected chi connectivity index (χ4v) is 1.73. The molecule has 2 rings (SSSR count). The maximum Gasteiger partial charge on any atom is 0.237 e. The van der Waals surface area contributed by atoms with Gasteiger partial charge in [-0.2, -0.15) is 5.26 Å². The van der Waals surface area contributed by atoms with E-state index in [4.69, 9.17) is 20.8 Å². The number of nitrogens with zero attached hydrogens (tertiary/aromatic N) is 2. The monoisotopic (exact) mass is 341 g/mol. The van der Waals surface area contributed by atoms with Crippen molar-refractivity contribution in [1.29, 1.82) is 5.26 Å². The fourth-order valence-electron chi connectivity index (χ4n) is 1.73. The molecule has 0 aliphatic heterocycles. The molecular weight excluding hydrogens is 325 g/mol. The first-order valence-corrected chi connectivity index (χ1v) is 6.21. The zero-order chi connectivity index (χ0) is 14.4. The Labute approximate surface area is 141 Å². The molecule has 22 heavy (non-hydrogen) atoms. The van der Waals surface area contributed by atoms with Crippen molar-refractivity contribution in [3.8, 4) is 17.7 Å². The lowest BCUT2D eigenvalue weighted by molar-refractivity contribution is 0.265. The van der Waals surface area contributed by atoms with Gasteiger partial charge in [0.05, 0.1) is 6.61 Å². The summed E-state index contributed by atoms with van der Waals surface area (Å²) in [6.07, 6.45) is 2.18. The Morgan fingerprint density at radius 2 is 1.91 bits per heavy atom. The van der Waals surface area contributed by atoms with Crippen LogP contribution in [0.3, 0.4) is 0 Å². The van der Waals surface area contributed by atoms with Crippen molar-refractivity contribution in [2.45, 2.75) is 12.5 Å². The van der Waals surface area contributed by atoms with Gasteiger partial charge in [-0.25, -0.2) is 4.98 Å². The predicted molar refractivity (Wildman–Crippen MR) is 88.7 cm³/mol. The molecule has 3 N–H and O–H groups in total. The van der Waals surface area contributed by atoms with Gasteiger partial charge < -0.3 is 15.6 Å². The normalized spacial score (nSPS) is 10.6. The average Bonchev–Trinajstić information content (AvgIpc) is 2.49. The summed E-state index contributed by atoms with van der Waals surface area (Å²) in [4.78, 5) is 4.03. The second-order valence-corrected chi connectivity index (χ2v) is 4.36. The van der Waals surface area contributed by atoms with E-state index in [-0.39, 0.29) is 43.3 Å². The molecule has 0 radical (unpaired) electrons. The number of hydrogen-bond donors (Lipinski definition) is 2. The summed E-state index contributed by atoms with van der Waals surface area (Å²) in [6, 6.07) is 12.4. The third-order valence-corrected chi connectivity index (χ3v) is 2.76. The predicted octanol–water partition coefficient (Wildman–Crippen LogP) is 2.45. The Kier molecular flexibility index (Phi) is 9.15. The molecule has 1 aromatic carbocycles. The van der Waals surface area contributed by atoms with E-state index in [0.29, 0.717) is 17.7 Å². The van der Waals surface area contributed by atoms with Crippen LogP contribution in [-0.2, 0) is 6.42 Å². The number of pyridine rings is 1. The van der Waals surface area contributed by atoms with Crippen LogP contribution in [0.4, 0.5) is 0 Å². The van der Waals surface area contributed by atoms with E-state index in [9.17, 15) is 0 Å². The van der Waals surface area contributed by atoms with Gasteiger partial charge in [0.2, 0.25) is 5.88 Å². The molecule has 0 spiro atoms. The molecule has 0 fully saturated rings. The molecule has 1 aromatic heterocycles. The van der Waals surface area contributed by atoms with Crippen LogP contribution in [0.1, 0.15) is 11.1 Å². The third kappa shape index (κ3) is 5.51. The average molecular weight is 342 g/mol. The summed E-state index contributed by atoms with van der Waals surface area (Å²) in [7, 11) is 0. The van der Waals surface area contributed by atoms with Gasteiger partial charge in [-0.3, -0.25) is 0 Å². The number of ether oxygens (including phenoxy) is 1. The summed E-state index contributed by atoms with van der Waals surface area (Å²) in [5.41, 5.74) is 7.08. The van der Waals surface area contributed by atoms with Crippen LogP contribution in [0, 0.1) is 11.3 Å². The Bertz CT molecular complexity index is 615. The summed E-state index contributed by atoms with van der Waals surface area (Å²) in [6.45, 7) is -0.0439. The number of rotatable bonds is 5. The van der Waals surface area contributed by atoms with Gasteiger partial charge in [0, 0.05) is 12.2 Å². The number of nitrogens with two attached hydrogens (primary N) is 1. The molecule has 0 unspecified atom stereocenters. The van der Waals surface area contributed by atoms with Gasteiger partial charge in [-0.15, -0.1) is 24.8 Å². The summed E-state index contributed by atoms with van der Waals surface area (Å²) in [5, 5.41) is 17.9. The Balaban J connectivity index is 0.00000220. The first-order chi connectivity index (χ1) is 9.72. The molecule has 118 valence electrons. The molecule has 0 aliphatic carbocycles. The highest BCUT2D eigenvalue weighted by atomic mass is 35.5. The van der Waals surface area contributed by atoms with Crippen LogP contribution in [0.5, 0.6) is 11.6 Å². The second-order valence-electron chi connectivity index (χ2n) is 4.36. The molecule has 1 heterocycles. The summed E-state index contributed by atoms with van der Waals surface area (Å²) in [5.74, 6) is 0.885. The largest absolute Gasteiger partial charge is 0.438 e. The van der Waals surface area contributed by atoms with E-state index < -0.39 is 0 Å². The number of halogens is 2. The number of hydrogen-bond acceptors (Lipinski definition) is 5. The first kappa shape index (κ1) is 20.2. The van der Waals surface area contributed by atoms with Gasteiger partial charge in [0.15, 0.2) is 0 Å². The van der Waals surface area contributed by atoms with Crippen LogP contribution in [-0.4, -0.2) is 22.7 Å². The molecule has 0 saturated heterocycles. The number of aliphatic hydroxyl groups is 1.